The molecular formula is C25H28N4O4. The average molecular weight is 449 g/mol. The van der Waals surface area contributed by atoms with Crippen molar-refractivity contribution in [1.82, 2.24) is 15.5 Å². The third kappa shape index (κ3) is 4.74. The first kappa shape index (κ1) is 22.5. The molecule has 0 bridgehead atoms. The van der Waals surface area contributed by atoms with E-state index in [1.165, 1.54) is 0 Å². The Morgan fingerprint density at radius 3 is 2.39 bits per heavy atom. The lowest BCUT2D eigenvalue weighted by atomic mass is 9.82. The molecule has 3 N–H and O–H groups in total. The summed E-state index contributed by atoms with van der Waals surface area (Å²) in [7, 11) is 0. The van der Waals surface area contributed by atoms with Crippen LogP contribution in [0.2, 0.25) is 0 Å². The summed E-state index contributed by atoms with van der Waals surface area (Å²) >= 11 is 0. The maximum absolute atomic E-state index is 12.9. The van der Waals surface area contributed by atoms with E-state index < -0.39 is 24.0 Å². The summed E-state index contributed by atoms with van der Waals surface area (Å²) in [4.78, 5) is 51.9. The van der Waals surface area contributed by atoms with E-state index in [2.05, 4.69) is 16.0 Å². The molecule has 8 heteroatoms. The number of nitrogens with one attached hydrogen (secondary N) is 3. The highest BCUT2D eigenvalue weighted by Crippen LogP contribution is 2.33. The highest BCUT2D eigenvalue weighted by Gasteiger charge is 2.51. The Labute approximate surface area is 192 Å². The molecule has 1 saturated carbocycles. The van der Waals surface area contributed by atoms with Gasteiger partial charge in [0.15, 0.2) is 0 Å². The number of benzene rings is 2. The minimum absolute atomic E-state index is 0.222. The Bertz CT molecular complexity index is 1060. The first-order valence-electron chi connectivity index (χ1n) is 11.3. The van der Waals surface area contributed by atoms with E-state index in [9.17, 15) is 19.2 Å². The summed E-state index contributed by atoms with van der Waals surface area (Å²) < 4.78 is 0. The van der Waals surface area contributed by atoms with Crippen LogP contribution in [0.4, 0.5) is 10.5 Å². The van der Waals surface area contributed by atoms with Crippen molar-refractivity contribution in [3.63, 3.8) is 0 Å². The molecule has 33 heavy (non-hydrogen) atoms. The van der Waals surface area contributed by atoms with Crippen LogP contribution >= 0.6 is 0 Å². The molecule has 1 saturated heterocycles. The van der Waals surface area contributed by atoms with E-state index in [1.54, 1.807) is 24.3 Å². The Hall–Kier alpha value is -3.68. The fourth-order valence-electron chi connectivity index (χ4n) is 4.54. The van der Waals surface area contributed by atoms with Gasteiger partial charge in [0.1, 0.15) is 12.1 Å². The molecule has 1 atom stereocenters. The molecule has 0 aromatic heterocycles. The maximum atomic E-state index is 12.9. The first-order chi connectivity index (χ1) is 15.9. The predicted octanol–water partition coefficient (Wildman–Crippen LogP) is 3.37. The molecule has 1 spiro atoms. The van der Waals surface area contributed by atoms with Crippen molar-refractivity contribution in [2.24, 2.45) is 0 Å². The van der Waals surface area contributed by atoms with Gasteiger partial charge in [-0.05, 0) is 37.5 Å². The van der Waals surface area contributed by atoms with Crippen LogP contribution < -0.4 is 16.0 Å². The largest absolute Gasteiger partial charge is 0.345 e. The highest BCUT2D eigenvalue weighted by atomic mass is 16.2. The second-order valence-corrected chi connectivity index (χ2v) is 8.66. The maximum Gasteiger partial charge on any atom is 0.325 e. The minimum atomic E-state index is -0.874. The van der Waals surface area contributed by atoms with Crippen molar-refractivity contribution >= 4 is 29.4 Å². The van der Waals surface area contributed by atoms with E-state index in [-0.39, 0.29) is 17.9 Å². The second-order valence-electron chi connectivity index (χ2n) is 8.66. The Balaban J connectivity index is 1.42. The standard InChI is InChI=1S/C25H28N4O4/c1-17(18-10-4-2-5-11-18)26-22(31)19-12-6-7-13-20(19)27-21(30)16-29-23(32)25(28-24(29)33)14-8-3-9-15-25/h2,4-7,10-13,17H,3,8-9,14-16H2,1H3,(H,26,31)(H,27,30)(H,28,33). The van der Waals surface area contributed by atoms with Gasteiger partial charge in [0.25, 0.3) is 11.8 Å². The lowest BCUT2D eigenvalue weighted by Crippen LogP contribution is -2.48. The van der Waals surface area contributed by atoms with Gasteiger partial charge in [-0.3, -0.25) is 19.3 Å². The van der Waals surface area contributed by atoms with Crippen LogP contribution in [-0.4, -0.2) is 40.7 Å². The summed E-state index contributed by atoms with van der Waals surface area (Å²) in [5.41, 5.74) is 0.706. The molecule has 2 aliphatic rings. The van der Waals surface area contributed by atoms with E-state index in [1.807, 2.05) is 37.3 Å². The second kappa shape index (κ2) is 9.44. The van der Waals surface area contributed by atoms with Crippen molar-refractivity contribution in [3.8, 4) is 0 Å². The fraction of sp³-hybridized carbons (Fsp3) is 0.360. The van der Waals surface area contributed by atoms with Crippen LogP contribution in [0.1, 0.15) is 61.0 Å². The summed E-state index contributed by atoms with van der Waals surface area (Å²) in [6.07, 6.45) is 3.97. The van der Waals surface area contributed by atoms with Crippen LogP contribution in [0.25, 0.3) is 0 Å². The molecule has 1 aliphatic heterocycles. The van der Waals surface area contributed by atoms with Gasteiger partial charge in [-0.2, -0.15) is 0 Å². The number of hydrogen-bond acceptors (Lipinski definition) is 4. The Morgan fingerprint density at radius 1 is 1.00 bits per heavy atom. The zero-order valence-corrected chi connectivity index (χ0v) is 18.6. The van der Waals surface area contributed by atoms with Gasteiger partial charge in [0.05, 0.1) is 17.3 Å². The van der Waals surface area contributed by atoms with E-state index in [0.29, 0.717) is 24.1 Å². The van der Waals surface area contributed by atoms with Gasteiger partial charge in [0, 0.05) is 0 Å². The number of anilines is 1. The number of para-hydroxylation sites is 1. The average Bonchev–Trinajstić information content (AvgIpc) is 3.04. The molecule has 8 nitrogen and oxygen atoms in total. The number of urea groups is 1. The fourth-order valence-corrected chi connectivity index (χ4v) is 4.54. The third-order valence-corrected chi connectivity index (χ3v) is 6.35. The van der Waals surface area contributed by atoms with E-state index in [4.69, 9.17) is 0 Å². The van der Waals surface area contributed by atoms with Gasteiger partial charge in [-0.1, -0.05) is 61.7 Å². The summed E-state index contributed by atoms with van der Waals surface area (Å²) in [5.74, 6) is -1.22. The molecule has 2 aromatic rings. The third-order valence-electron chi connectivity index (χ3n) is 6.35. The molecule has 2 fully saturated rings. The Kier molecular flexibility index (Phi) is 6.44. The van der Waals surface area contributed by atoms with Gasteiger partial charge >= 0.3 is 6.03 Å². The molecule has 5 amide bonds. The smallest absolute Gasteiger partial charge is 0.325 e. The van der Waals surface area contributed by atoms with E-state index in [0.717, 1.165) is 29.7 Å². The number of imide groups is 1. The number of amides is 5. The predicted molar refractivity (Wildman–Crippen MR) is 123 cm³/mol. The molecule has 2 aromatic carbocycles. The summed E-state index contributed by atoms with van der Waals surface area (Å²) in [5, 5.41) is 8.42. The number of nitrogens with zero attached hydrogens (tertiary/aromatic N) is 1. The molecular weight excluding hydrogens is 420 g/mol. The van der Waals surface area contributed by atoms with Crippen molar-refractivity contribution in [3.05, 3.63) is 65.7 Å². The summed E-state index contributed by atoms with van der Waals surface area (Å²) in [6.45, 7) is 1.48. The van der Waals surface area contributed by atoms with Gasteiger partial charge in [-0.15, -0.1) is 0 Å². The quantitative estimate of drug-likeness (QED) is 0.589. The van der Waals surface area contributed by atoms with Gasteiger partial charge in [-0.25, -0.2) is 4.79 Å². The van der Waals surface area contributed by atoms with Crippen LogP contribution in [0, 0.1) is 0 Å². The molecule has 4 rings (SSSR count). The topological polar surface area (TPSA) is 108 Å². The number of carbonyl (C=O) groups excluding carboxylic acids is 4. The molecule has 0 radical (unpaired) electrons. The van der Waals surface area contributed by atoms with Crippen LogP contribution in [0.3, 0.4) is 0 Å². The van der Waals surface area contributed by atoms with Crippen molar-refractivity contribution < 1.29 is 19.2 Å². The zero-order chi connectivity index (χ0) is 23.4. The van der Waals surface area contributed by atoms with Crippen LogP contribution in [-0.2, 0) is 9.59 Å². The number of hydrogen-bond donors (Lipinski definition) is 3. The SMILES string of the molecule is CC(NC(=O)c1ccccc1NC(=O)CN1C(=O)NC2(CCCCC2)C1=O)c1ccccc1. The summed E-state index contributed by atoms with van der Waals surface area (Å²) in [6, 6.07) is 15.5. The van der Waals surface area contributed by atoms with Crippen molar-refractivity contribution in [2.45, 2.75) is 50.6 Å². The highest BCUT2D eigenvalue weighted by molar-refractivity contribution is 6.11. The number of rotatable bonds is 6. The van der Waals surface area contributed by atoms with Crippen LogP contribution in [0.15, 0.2) is 54.6 Å². The first-order valence-corrected chi connectivity index (χ1v) is 11.3. The molecule has 1 unspecified atom stereocenters. The lowest BCUT2D eigenvalue weighted by molar-refractivity contribution is -0.134. The van der Waals surface area contributed by atoms with Crippen molar-refractivity contribution in [1.29, 1.82) is 0 Å². The molecule has 1 heterocycles. The van der Waals surface area contributed by atoms with Gasteiger partial charge < -0.3 is 16.0 Å². The van der Waals surface area contributed by atoms with E-state index >= 15 is 0 Å². The van der Waals surface area contributed by atoms with Crippen LogP contribution in [0.5, 0.6) is 0 Å². The molecule has 1 aliphatic carbocycles. The normalized spacial score (nSPS) is 18.0. The van der Waals surface area contributed by atoms with Gasteiger partial charge in [0.2, 0.25) is 5.91 Å². The zero-order valence-electron chi connectivity index (χ0n) is 18.6. The minimum Gasteiger partial charge on any atom is -0.345 e. The Morgan fingerprint density at radius 2 is 1.67 bits per heavy atom. The lowest BCUT2D eigenvalue weighted by Gasteiger charge is -2.30. The van der Waals surface area contributed by atoms with Crippen molar-refractivity contribution in [2.75, 3.05) is 11.9 Å². The monoisotopic (exact) mass is 448 g/mol. The molecule has 172 valence electrons. The number of carbonyl (C=O) groups is 4.